The smallest absolute Gasteiger partial charge is 0.276 e. The molecular weight excluding hydrogens is 290 g/mol. The first-order valence-corrected chi connectivity index (χ1v) is 6.46. The molecule has 0 fully saturated rings. The minimum atomic E-state index is -2.39. The lowest BCUT2D eigenvalue weighted by molar-refractivity contribution is -0.385. The summed E-state index contributed by atoms with van der Waals surface area (Å²) in [6, 6.07) is 9.64. The van der Waals surface area contributed by atoms with Crippen molar-refractivity contribution in [3.63, 3.8) is 0 Å². The summed E-state index contributed by atoms with van der Waals surface area (Å²) in [6.07, 6.45) is 0. The molecule has 0 aromatic heterocycles. The number of benzene rings is 2. The van der Waals surface area contributed by atoms with E-state index in [1.807, 2.05) is 0 Å². The topological polar surface area (TPSA) is 110 Å². The summed E-state index contributed by atoms with van der Waals surface area (Å²) in [4.78, 5) is 22.9. The first-order valence-electron chi connectivity index (χ1n) is 6.46. The van der Waals surface area contributed by atoms with Crippen LogP contribution in [0, 0.1) is 10.1 Å². The SMILES string of the molecule is O=C1c2ccccc2C2(O)Oc3ccc([N+](=O)[O-])cc3C12O. The van der Waals surface area contributed by atoms with E-state index in [9.17, 15) is 25.1 Å². The van der Waals surface area contributed by atoms with Crippen LogP contribution >= 0.6 is 0 Å². The number of ether oxygens (including phenoxy) is 1. The molecule has 2 unspecified atom stereocenters. The van der Waals surface area contributed by atoms with Gasteiger partial charge in [0.25, 0.3) is 11.5 Å². The molecule has 2 N–H and O–H groups in total. The van der Waals surface area contributed by atoms with Crippen molar-refractivity contribution >= 4 is 11.5 Å². The van der Waals surface area contributed by atoms with Crippen LogP contribution in [0.4, 0.5) is 5.69 Å². The van der Waals surface area contributed by atoms with Gasteiger partial charge in [-0.25, -0.2) is 0 Å². The number of rotatable bonds is 1. The fourth-order valence-corrected chi connectivity index (χ4v) is 3.12. The van der Waals surface area contributed by atoms with Gasteiger partial charge in [-0.2, -0.15) is 0 Å². The van der Waals surface area contributed by atoms with Gasteiger partial charge in [-0.15, -0.1) is 0 Å². The number of non-ortho nitro benzene ring substituents is 1. The summed E-state index contributed by atoms with van der Waals surface area (Å²) in [5, 5.41) is 32.6. The molecule has 0 amide bonds. The molecule has 0 saturated carbocycles. The van der Waals surface area contributed by atoms with Gasteiger partial charge in [-0.1, -0.05) is 24.3 Å². The Labute approximate surface area is 123 Å². The molecule has 7 nitrogen and oxygen atoms in total. The third-order valence-electron chi connectivity index (χ3n) is 4.18. The van der Waals surface area contributed by atoms with Gasteiger partial charge >= 0.3 is 0 Å². The fraction of sp³-hybridized carbons (Fsp3) is 0.133. The van der Waals surface area contributed by atoms with Crippen LogP contribution < -0.4 is 4.74 Å². The molecule has 2 aromatic carbocycles. The van der Waals surface area contributed by atoms with Crippen LogP contribution in [0.5, 0.6) is 5.75 Å². The van der Waals surface area contributed by atoms with Crippen molar-refractivity contribution in [1.82, 2.24) is 0 Å². The van der Waals surface area contributed by atoms with Gasteiger partial charge < -0.3 is 14.9 Å². The van der Waals surface area contributed by atoms with Gasteiger partial charge in [0.1, 0.15) is 5.75 Å². The molecule has 2 aliphatic rings. The lowest BCUT2D eigenvalue weighted by Crippen LogP contribution is -2.48. The van der Waals surface area contributed by atoms with E-state index >= 15 is 0 Å². The van der Waals surface area contributed by atoms with Gasteiger partial charge in [0.05, 0.1) is 4.92 Å². The van der Waals surface area contributed by atoms with Crippen molar-refractivity contribution in [3.05, 3.63) is 69.3 Å². The predicted octanol–water partition coefficient (Wildman–Crippen LogP) is 1.22. The number of nitrogens with zero attached hydrogens (tertiary/aromatic N) is 1. The summed E-state index contributed by atoms with van der Waals surface area (Å²) in [7, 11) is 0. The normalized spacial score (nSPS) is 27.8. The van der Waals surface area contributed by atoms with Crippen LogP contribution in [-0.4, -0.2) is 20.9 Å². The maximum Gasteiger partial charge on any atom is 0.276 e. The molecular formula is C15H9NO6. The summed E-state index contributed by atoms with van der Waals surface area (Å²) < 4.78 is 5.42. The highest BCUT2D eigenvalue weighted by Crippen LogP contribution is 2.58. The molecule has 0 saturated heterocycles. The number of carbonyl (C=O) groups is 1. The second-order valence-electron chi connectivity index (χ2n) is 5.27. The van der Waals surface area contributed by atoms with Gasteiger partial charge in [-0.3, -0.25) is 14.9 Å². The number of aliphatic hydroxyl groups is 2. The zero-order chi connectivity index (χ0) is 15.7. The number of nitro benzene ring substituents is 1. The Morgan fingerprint density at radius 3 is 2.55 bits per heavy atom. The molecule has 0 bridgehead atoms. The molecule has 2 atom stereocenters. The number of ketones is 1. The highest BCUT2D eigenvalue weighted by molar-refractivity contribution is 6.09. The number of hydrogen-bond acceptors (Lipinski definition) is 6. The predicted molar refractivity (Wildman–Crippen MR) is 72.3 cm³/mol. The van der Waals surface area contributed by atoms with Crippen molar-refractivity contribution in [2.45, 2.75) is 11.4 Å². The zero-order valence-corrected chi connectivity index (χ0v) is 11.0. The van der Waals surface area contributed by atoms with E-state index < -0.39 is 22.1 Å². The second kappa shape index (κ2) is 3.70. The van der Waals surface area contributed by atoms with Crippen LogP contribution in [0.2, 0.25) is 0 Å². The van der Waals surface area contributed by atoms with Gasteiger partial charge in [0, 0.05) is 28.8 Å². The standard InChI is InChI=1S/C15H9NO6/c17-13-9-3-1-2-4-10(9)15(19)14(13,18)11-7-8(16(20)21)5-6-12(11)22-15/h1-7,18-19H. The van der Waals surface area contributed by atoms with Crippen molar-refractivity contribution < 1.29 is 24.7 Å². The maximum absolute atomic E-state index is 12.6. The largest absolute Gasteiger partial charge is 0.454 e. The van der Waals surface area contributed by atoms with Crippen LogP contribution in [0.3, 0.4) is 0 Å². The van der Waals surface area contributed by atoms with E-state index in [-0.39, 0.29) is 28.1 Å². The summed E-state index contributed by atoms with van der Waals surface area (Å²) in [6.45, 7) is 0. The Balaban J connectivity index is 2.02. The minimum absolute atomic E-state index is 0.0402. The molecule has 0 spiro atoms. The van der Waals surface area contributed by atoms with Gasteiger partial charge in [0.2, 0.25) is 11.4 Å². The van der Waals surface area contributed by atoms with Crippen LogP contribution in [0.25, 0.3) is 0 Å². The molecule has 0 radical (unpaired) electrons. The summed E-state index contributed by atoms with van der Waals surface area (Å²) in [5.41, 5.74) is -2.53. The third-order valence-corrected chi connectivity index (χ3v) is 4.18. The molecule has 1 heterocycles. The molecule has 4 rings (SSSR count). The van der Waals surface area contributed by atoms with E-state index in [1.54, 1.807) is 12.1 Å². The molecule has 7 heteroatoms. The third kappa shape index (κ3) is 1.21. The number of hydrogen-bond donors (Lipinski definition) is 2. The molecule has 22 heavy (non-hydrogen) atoms. The lowest BCUT2D eigenvalue weighted by Gasteiger charge is -2.28. The molecule has 2 aromatic rings. The number of carbonyl (C=O) groups excluding carboxylic acids is 1. The first kappa shape index (κ1) is 12.9. The summed E-state index contributed by atoms with van der Waals surface area (Å²) in [5.74, 6) is -2.98. The molecule has 1 aliphatic carbocycles. The number of Topliss-reactive ketones (excluding diaryl/α,β-unsaturated/α-hetero) is 1. The Morgan fingerprint density at radius 1 is 1.09 bits per heavy atom. The average Bonchev–Trinajstić information content (AvgIpc) is 2.84. The minimum Gasteiger partial charge on any atom is -0.454 e. The van der Waals surface area contributed by atoms with E-state index in [1.165, 1.54) is 24.3 Å². The highest BCUT2D eigenvalue weighted by atomic mass is 16.7. The lowest BCUT2D eigenvalue weighted by atomic mass is 9.87. The Kier molecular flexibility index (Phi) is 2.18. The Morgan fingerprint density at radius 2 is 1.82 bits per heavy atom. The summed E-state index contributed by atoms with van der Waals surface area (Å²) >= 11 is 0. The van der Waals surface area contributed by atoms with E-state index in [0.717, 1.165) is 6.07 Å². The quantitative estimate of drug-likeness (QED) is 0.605. The maximum atomic E-state index is 12.6. The highest BCUT2D eigenvalue weighted by Gasteiger charge is 2.70. The number of fused-ring (bicyclic) bond motifs is 5. The second-order valence-corrected chi connectivity index (χ2v) is 5.27. The van der Waals surface area contributed by atoms with Crippen molar-refractivity contribution in [2.24, 2.45) is 0 Å². The average molecular weight is 299 g/mol. The molecule has 110 valence electrons. The fourth-order valence-electron chi connectivity index (χ4n) is 3.12. The van der Waals surface area contributed by atoms with E-state index in [2.05, 4.69) is 0 Å². The Bertz CT molecular complexity index is 863. The zero-order valence-electron chi connectivity index (χ0n) is 11.0. The van der Waals surface area contributed by atoms with Crippen molar-refractivity contribution in [3.8, 4) is 5.75 Å². The van der Waals surface area contributed by atoms with Gasteiger partial charge in [0.15, 0.2) is 0 Å². The first-order chi connectivity index (χ1) is 10.4. The van der Waals surface area contributed by atoms with Crippen LogP contribution in [0.15, 0.2) is 42.5 Å². The van der Waals surface area contributed by atoms with Crippen LogP contribution in [-0.2, 0) is 11.4 Å². The Hall–Kier alpha value is -2.77. The van der Waals surface area contributed by atoms with E-state index in [4.69, 9.17) is 4.74 Å². The molecule has 1 aliphatic heterocycles. The number of nitro groups is 1. The van der Waals surface area contributed by atoms with E-state index in [0.29, 0.717) is 0 Å². The van der Waals surface area contributed by atoms with Crippen LogP contribution in [0.1, 0.15) is 21.5 Å². The van der Waals surface area contributed by atoms with Crippen molar-refractivity contribution in [1.29, 1.82) is 0 Å². The van der Waals surface area contributed by atoms with Crippen molar-refractivity contribution in [2.75, 3.05) is 0 Å². The van der Waals surface area contributed by atoms with Gasteiger partial charge in [-0.05, 0) is 6.07 Å². The monoisotopic (exact) mass is 299 g/mol.